The quantitative estimate of drug-likeness (QED) is 0.749. The van der Waals surface area contributed by atoms with Crippen LogP contribution in [0.3, 0.4) is 0 Å². The highest BCUT2D eigenvalue weighted by molar-refractivity contribution is 7.80. The number of aliphatic carboxylic acids is 1. The number of benzene rings is 1. The van der Waals surface area contributed by atoms with Gasteiger partial charge in [0.25, 0.3) is 0 Å². The number of rotatable bonds is 7. The second-order valence-corrected chi connectivity index (χ2v) is 6.15. The average Bonchev–Trinajstić information content (AvgIpc) is 2.99. The number of hydrogen-bond donors (Lipinski definition) is 2. The summed E-state index contributed by atoms with van der Waals surface area (Å²) in [7, 11) is 0. The van der Waals surface area contributed by atoms with Crippen molar-refractivity contribution in [1.29, 1.82) is 0 Å². The van der Waals surface area contributed by atoms with E-state index in [1.54, 1.807) is 0 Å². The van der Waals surface area contributed by atoms with E-state index in [1.165, 1.54) is 4.90 Å². The average molecular weight is 337 g/mol. The van der Waals surface area contributed by atoms with Gasteiger partial charge in [-0.25, -0.2) is 4.79 Å². The van der Waals surface area contributed by atoms with Crippen molar-refractivity contribution in [3.8, 4) is 0 Å². The third-order valence-electron chi connectivity index (χ3n) is 4.22. The Morgan fingerprint density at radius 2 is 2.09 bits per heavy atom. The molecule has 1 aromatic carbocycles. The molecule has 3 atom stereocenters. The third kappa shape index (κ3) is 4.48. The first-order chi connectivity index (χ1) is 11.1. The van der Waals surface area contributed by atoms with Crippen molar-refractivity contribution < 1.29 is 19.4 Å². The molecule has 23 heavy (non-hydrogen) atoms. The van der Waals surface area contributed by atoms with Gasteiger partial charge in [-0.15, -0.1) is 0 Å². The zero-order chi connectivity index (χ0) is 16.8. The molecule has 1 aromatic rings. The molecule has 1 fully saturated rings. The van der Waals surface area contributed by atoms with Crippen LogP contribution in [-0.2, 0) is 20.9 Å². The first-order valence-electron chi connectivity index (χ1n) is 7.86. The highest BCUT2D eigenvalue weighted by Gasteiger charge is 2.41. The Balaban J connectivity index is 2.00. The molecule has 0 bridgehead atoms. The zero-order valence-electron chi connectivity index (χ0n) is 13.2. The highest BCUT2D eigenvalue weighted by Crippen LogP contribution is 2.25. The van der Waals surface area contributed by atoms with E-state index in [0.717, 1.165) is 5.56 Å². The van der Waals surface area contributed by atoms with Crippen molar-refractivity contribution in [1.82, 2.24) is 4.90 Å². The van der Waals surface area contributed by atoms with Crippen LogP contribution < -0.4 is 0 Å². The molecule has 2 unspecified atom stereocenters. The van der Waals surface area contributed by atoms with Crippen LogP contribution in [0.4, 0.5) is 0 Å². The molecule has 2 rings (SSSR count). The standard InChI is InChI=1S/C17H23NO4S/c1-2-13(11-23)16(19)18-9-14(8-15(18)17(20)21)22-10-12-6-4-3-5-7-12/h3-7,13-15,23H,2,8-11H2,1H3,(H,20,21)/t13?,14?,15-/m0/s1. The number of carboxylic acids is 1. The van der Waals surface area contributed by atoms with Crippen LogP contribution in [0.1, 0.15) is 25.3 Å². The maximum atomic E-state index is 12.5. The second kappa shape index (κ2) is 8.36. The molecular formula is C17H23NO4S. The van der Waals surface area contributed by atoms with Crippen LogP contribution in [0.2, 0.25) is 0 Å². The summed E-state index contributed by atoms with van der Waals surface area (Å²) in [6, 6.07) is 8.91. The van der Waals surface area contributed by atoms with Gasteiger partial charge in [0.05, 0.1) is 12.7 Å². The van der Waals surface area contributed by atoms with Crippen LogP contribution in [0.5, 0.6) is 0 Å². The molecule has 0 radical (unpaired) electrons. The lowest BCUT2D eigenvalue weighted by Crippen LogP contribution is -2.44. The van der Waals surface area contributed by atoms with E-state index in [1.807, 2.05) is 37.3 Å². The van der Waals surface area contributed by atoms with E-state index in [2.05, 4.69) is 12.6 Å². The van der Waals surface area contributed by atoms with Crippen molar-refractivity contribution in [2.24, 2.45) is 5.92 Å². The smallest absolute Gasteiger partial charge is 0.326 e. The first-order valence-corrected chi connectivity index (χ1v) is 8.49. The molecule has 1 aliphatic heterocycles. The lowest BCUT2D eigenvalue weighted by atomic mass is 10.1. The lowest BCUT2D eigenvalue weighted by molar-refractivity contribution is -0.149. The summed E-state index contributed by atoms with van der Waals surface area (Å²) in [5.74, 6) is -0.930. The maximum Gasteiger partial charge on any atom is 0.326 e. The van der Waals surface area contributed by atoms with Gasteiger partial charge in [-0.1, -0.05) is 37.3 Å². The van der Waals surface area contributed by atoms with Crippen molar-refractivity contribution >= 4 is 24.5 Å². The van der Waals surface area contributed by atoms with Gasteiger partial charge in [0.15, 0.2) is 0 Å². The van der Waals surface area contributed by atoms with E-state index >= 15 is 0 Å². The molecule has 1 amide bonds. The summed E-state index contributed by atoms with van der Waals surface area (Å²) in [6.45, 7) is 2.66. The van der Waals surface area contributed by atoms with Gasteiger partial charge in [0.1, 0.15) is 6.04 Å². The Labute approximate surface area is 142 Å². The Morgan fingerprint density at radius 1 is 1.39 bits per heavy atom. The number of thiol groups is 1. The summed E-state index contributed by atoms with van der Waals surface area (Å²) in [6.07, 6.45) is 0.732. The van der Waals surface area contributed by atoms with Crippen molar-refractivity contribution in [2.45, 2.75) is 38.5 Å². The summed E-state index contributed by atoms with van der Waals surface area (Å²) in [5.41, 5.74) is 1.03. The van der Waals surface area contributed by atoms with Gasteiger partial charge >= 0.3 is 5.97 Å². The van der Waals surface area contributed by atoms with E-state index < -0.39 is 12.0 Å². The minimum absolute atomic E-state index is 0.138. The summed E-state index contributed by atoms with van der Waals surface area (Å²) < 4.78 is 5.82. The predicted molar refractivity (Wildman–Crippen MR) is 90.4 cm³/mol. The Morgan fingerprint density at radius 3 is 2.65 bits per heavy atom. The largest absolute Gasteiger partial charge is 0.480 e. The fraction of sp³-hybridized carbons (Fsp3) is 0.529. The number of carbonyl (C=O) groups is 2. The fourth-order valence-corrected chi connectivity index (χ4v) is 3.21. The normalized spacial score (nSPS) is 22.1. The monoisotopic (exact) mass is 337 g/mol. The van der Waals surface area contributed by atoms with Crippen LogP contribution in [0, 0.1) is 5.92 Å². The number of likely N-dealkylation sites (tertiary alicyclic amines) is 1. The Kier molecular flexibility index (Phi) is 6.47. The summed E-state index contributed by atoms with van der Waals surface area (Å²) in [5, 5.41) is 9.39. The predicted octanol–water partition coefficient (Wildman–Crippen LogP) is 2.21. The van der Waals surface area contributed by atoms with Gasteiger partial charge in [-0.05, 0) is 12.0 Å². The molecule has 1 N–H and O–H groups in total. The topological polar surface area (TPSA) is 66.8 Å². The number of carbonyl (C=O) groups excluding carboxylic acids is 1. The number of ether oxygens (including phenoxy) is 1. The zero-order valence-corrected chi connectivity index (χ0v) is 14.1. The Bertz CT molecular complexity index is 533. The first kappa shape index (κ1) is 17.8. The molecule has 1 heterocycles. The SMILES string of the molecule is CCC(CS)C(=O)N1CC(OCc2ccccc2)C[C@H]1C(=O)O. The molecule has 126 valence electrons. The minimum Gasteiger partial charge on any atom is -0.480 e. The van der Waals surface area contributed by atoms with Gasteiger partial charge in [-0.2, -0.15) is 12.6 Å². The number of hydrogen-bond acceptors (Lipinski definition) is 4. The molecule has 0 spiro atoms. The fourth-order valence-electron chi connectivity index (χ4n) is 2.80. The molecule has 1 saturated heterocycles. The third-order valence-corrected chi connectivity index (χ3v) is 4.66. The Hall–Kier alpha value is -1.53. The van der Waals surface area contributed by atoms with Crippen molar-refractivity contribution in [3.05, 3.63) is 35.9 Å². The van der Waals surface area contributed by atoms with E-state index in [-0.39, 0.29) is 17.9 Å². The number of carboxylic acid groups (broad SMARTS) is 1. The van der Waals surface area contributed by atoms with Crippen LogP contribution in [-0.4, -0.2) is 46.3 Å². The molecule has 0 aromatic heterocycles. The molecule has 6 heteroatoms. The van der Waals surface area contributed by atoms with E-state index in [4.69, 9.17) is 4.74 Å². The van der Waals surface area contributed by atoms with Crippen LogP contribution in [0.15, 0.2) is 30.3 Å². The maximum absolute atomic E-state index is 12.5. The van der Waals surface area contributed by atoms with Crippen molar-refractivity contribution in [2.75, 3.05) is 12.3 Å². The summed E-state index contributed by atoms with van der Waals surface area (Å²) in [4.78, 5) is 25.4. The lowest BCUT2D eigenvalue weighted by Gasteiger charge is -2.25. The molecular weight excluding hydrogens is 314 g/mol. The van der Waals surface area contributed by atoms with Gasteiger partial charge < -0.3 is 14.7 Å². The molecule has 0 aliphatic carbocycles. The number of amides is 1. The van der Waals surface area contributed by atoms with Gasteiger partial charge in [-0.3, -0.25) is 4.79 Å². The minimum atomic E-state index is -0.974. The van der Waals surface area contributed by atoms with Gasteiger partial charge in [0, 0.05) is 24.6 Å². The molecule has 0 saturated carbocycles. The molecule has 5 nitrogen and oxygen atoms in total. The second-order valence-electron chi connectivity index (χ2n) is 5.79. The van der Waals surface area contributed by atoms with Crippen LogP contribution in [0.25, 0.3) is 0 Å². The number of nitrogens with zero attached hydrogens (tertiary/aromatic N) is 1. The van der Waals surface area contributed by atoms with Crippen molar-refractivity contribution in [3.63, 3.8) is 0 Å². The molecule has 1 aliphatic rings. The van der Waals surface area contributed by atoms with E-state index in [0.29, 0.717) is 31.7 Å². The summed E-state index contributed by atoms with van der Waals surface area (Å²) >= 11 is 4.19. The van der Waals surface area contributed by atoms with Gasteiger partial charge in [0.2, 0.25) is 5.91 Å². The highest BCUT2D eigenvalue weighted by atomic mass is 32.1. The van der Waals surface area contributed by atoms with Crippen LogP contribution >= 0.6 is 12.6 Å². The van der Waals surface area contributed by atoms with E-state index in [9.17, 15) is 14.7 Å².